The topological polar surface area (TPSA) is 71.1 Å². The van der Waals surface area contributed by atoms with E-state index >= 15 is 0 Å². The fourth-order valence-corrected chi connectivity index (χ4v) is 3.62. The van der Waals surface area contributed by atoms with E-state index < -0.39 is 6.04 Å². The number of thiazole rings is 1. The average Bonchev–Trinajstić information content (AvgIpc) is 3.15. The quantitative estimate of drug-likeness (QED) is 0.685. The second-order valence-corrected chi connectivity index (χ2v) is 7.02. The molecule has 2 aromatic carbocycles. The molecule has 138 valence electrons. The summed E-state index contributed by atoms with van der Waals surface area (Å²) in [6.45, 7) is 4.03. The first-order valence-corrected chi connectivity index (χ1v) is 9.62. The Morgan fingerprint density at radius 2 is 1.59 bits per heavy atom. The lowest BCUT2D eigenvalue weighted by Gasteiger charge is -2.13. The maximum absolute atomic E-state index is 12.9. The van der Waals surface area contributed by atoms with Crippen molar-refractivity contribution >= 4 is 23.2 Å². The van der Waals surface area contributed by atoms with Crippen LogP contribution in [-0.4, -0.2) is 29.4 Å². The van der Waals surface area contributed by atoms with Crippen molar-refractivity contribution in [1.82, 2.24) is 15.6 Å². The van der Waals surface area contributed by atoms with E-state index in [1.807, 2.05) is 67.6 Å². The number of amides is 2. The number of carbonyl (C=O) groups excluding carboxylic acids is 2. The summed E-state index contributed by atoms with van der Waals surface area (Å²) in [5.74, 6) is -0.507. The van der Waals surface area contributed by atoms with Gasteiger partial charge in [0.05, 0.1) is 5.69 Å². The molecule has 1 atom stereocenters. The maximum atomic E-state index is 12.9. The normalized spacial score (nSPS) is 11.6. The van der Waals surface area contributed by atoms with Crippen LogP contribution in [0, 0.1) is 0 Å². The molecule has 3 aromatic rings. The Morgan fingerprint density at radius 3 is 2.19 bits per heavy atom. The zero-order valence-corrected chi connectivity index (χ0v) is 16.0. The molecule has 5 nitrogen and oxygen atoms in total. The Hall–Kier alpha value is -2.99. The number of nitrogens with one attached hydrogen (secondary N) is 2. The van der Waals surface area contributed by atoms with Crippen LogP contribution >= 0.6 is 11.3 Å². The van der Waals surface area contributed by atoms with E-state index in [1.54, 1.807) is 6.92 Å². The summed E-state index contributed by atoms with van der Waals surface area (Å²) in [7, 11) is 0. The molecule has 0 bridgehead atoms. The molecule has 0 saturated heterocycles. The number of hydrogen-bond acceptors (Lipinski definition) is 4. The van der Waals surface area contributed by atoms with Gasteiger partial charge in [0, 0.05) is 17.7 Å². The Balaban J connectivity index is 1.96. The van der Waals surface area contributed by atoms with E-state index in [0.717, 1.165) is 16.1 Å². The molecule has 0 unspecified atom stereocenters. The molecule has 0 radical (unpaired) electrons. The third-order valence-electron chi connectivity index (χ3n) is 3.99. The van der Waals surface area contributed by atoms with Crippen LogP contribution in [-0.2, 0) is 4.79 Å². The lowest BCUT2D eigenvalue weighted by Crippen LogP contribution is -2.44. The Labute approximate surface area is 162 Å². The van der Waals surface area contributed by atoms with Gasteiger partial charge in [-0.2, -0.15) is 0 Å². The number of benzene rings is 2. The minimum absolute atomic E-state index is 0.208. The molecule has 1 aromatic heterocycles. The third-order valence-corrected chi connectivity index (χ3v) is 5.10. The number of nitrogens with zero attached hydrogens (tertiary/aromatic N) is 1. The van der Waals surface area contributed by atoms with Gasteiger partial charge in [-0.05, 0) is 13.8 Å². The Kier molecular flexibility index (Phi) is 5.98. The van der Waals surface area contributed by atoms with Crippen LogP contribution in [0.2, 0.25) is 0 Å². The molecule has 0 saturated carbocycles. The van der Waals surface area contributed by atoms with Crippen molar-refractivity contribution in [2.45, 2.75) is 19.9 Å². The van der Waals surface area contributed by atoms with Gasteiger partial charge < -0.3 is 10.6 Å². The summed E-state index contributed by atoms with van der Waals surface area (Å²) in [4.78, 5) is 30.0. The zero-order chi connectivity index (χ0) is 19.2. The van der Waals surface area contributed by atoms with Crippen LogP contribution < -0.4 is 10.6 Å². The van der Waals surface area contributed by atoms with Crippen LogP contribution in [0.1, 0.15) is 23.5 Å². The SMILES string of the molecule is CCNC(=O)[C@@H](C)NC(=O)c1sc(-c2ccccc2)nc1-c1ccccc1. The first kappa shape index (κ1) is 18.8. The van der Waals surface area contributed by atoms with Gasteiger partial charge in [0.15, 0.2) is 0 Å². The summed E-state index contributed by atoms with van der Waals surface area (Å²) >= 11 is 1.33. The number of hydrogen-bond donors (Lipinski definition) is 2. The van der Waals surface area contributed by atoms with Crippen molar-refractivity contribution in [3.8, 4) is 21.8 Å². The lowest BCUT2D eigenvalue weighted by atomic mass is 10.1. The Bertz CT molecular complexity index is 923. The van der Waals surface area contributed by atoms with Crippen LogP contribution in [0.4, 0.5) is 0 Å². The van der Waals surface area contributed by atoms with Crippen LogP contribution in [0.5, 0.6) is 0 Å². The summed E-state index contributed by atoms with van der Waals surface area (Å²) in [6.07, 6.45) is 0. The Morgan fingerprint density at radius 1 is 1.00 bits per heavy atom. The standard InChI is InChI=1S/C21H21N3O2S/c1-3-22-19(25)14(2)23-20(26)18-17(15-10-6-4-7-11-15)24-21(27-18)16-12-8-5-9-13-16/h4-14H,3H2,1-2H3,(H,22,25)(H,23,26)/t14-/m1/s1. The smallest absolute Gasteiger partial charge is 0.264 e. The first-order chi connectivity index (χ1) is 13.1. The molecule has 2 N–H and O–H groups in total. The molecular weight excluding hydrogens is 358 g/mol. The number of aromatic nitrogens is 1. The highest BCUT2D eigenvalue weighted by Crippen LogP contribution is 2.33. The van der Waals surface area contributed by atoms with E-state index in [4.69, 9.17) is 4.98 Å². The largest absolute Gasteiger partial charge is 0.355 e. The van der Waals surface area contributed by atoms with Gasteiger partial charge in [0.1, 0.15) is 15.9 Å². The summed E-state index contributed by atoms with van der Waals surface area (Å²) in [5, 5.41) is 6.26. The monoisotopic (exact) mass is 379 g/mol. The van der Waals surface area contributed by atoms with Crippen LogP contribution in [0.3, 0.4) is 0 Å². The highest BCUT2D eigenvalue weighted by atomic mass is 32.1. The second kappa shape index (κ2) is 8.60. The fourth-order valence-electron chi connectivity index (χ4n) is 2.62. The fraction of sp³-hybridized carbons (Fsp3) is 0.190. The summed E-state index contributed by atoms with van der Waals surface area (Å²) < 4.78 is 0. The lowest BCUT2D eigenvalue weighted by molar-refractivity contribution is -0.122. The van der Waals surface area contributed by atoms with Crippen LogP contribution in [0.15, 0.2) is 60.7 Å². The van der Waals surface area contributed by atoms with Gasteiger partial charge in [-0.15, -0.1) is 11.3 Å². The van der Waals surface area contributed by atoms with Crippen molar-refractivity contribution in [3.63, 3.8) is 0 Å². The maximum Gasteiger partial charge on any atom is 0.264 e. The van der Waals surface area contributed by atoms with E-state index in [1.165, 1.54) is 11.3 Å². The molecule has 0 aliphatic heterocycles. The highest BCUT2D eigenvalue weighted by molar-refractivity contribution is 7.17. The summed E-state index contributed by atoms with van der Waals surface area (Å²) in [5.41, 5.74) is 2.45. The van der Waals surface area contributed by atoms with Crippen molar-refractivity contribution in [1.29, 1.82) is 0 Å². The minimum atomic E-state index is -0.622. The predicted octanol–water partition coefficient (Wildman–Crippen LogP) is 3.73. The third kappa shape index (κ3) is 4.41. The molecule has 0 fully saturated rings. The van der Waals surface area contributed by atoms with E-state index in [0.29, 0.717) is 17.1 Å². The minimum Gasteiger partial charge on any atom is -0.355 e. The second-order valence-electron chi connectivity index (χ2n) is 6.02. The number of rotatable bonds is 6. The molecular formula is C21H21N3O2S. The molecule has 0 aliphatic carbocycles. The molecule has 0 aliphatic rings. The molecule has 3 rings (SSSR count). The van der Waals surface area contributed by atoms with Gasteiger partial charge in [-0.3, -0.25) is 9.59 Å². The zero-order valence-electron chi connectivity index (χ0n) is 15.2. The van der Waals surface area contributed by atoms with Gasteiger partial charge in [0.25, 0.3) is 5.91 Å². The van der Waals surface area contributed by atoms with E-state index in [2.05, 4.69) is 10.6 Å². The molecule has 2 amide bonds. The van der Waals surface area contributed by atoms with E-state index in [9.17, 15) is 9.59 Å². The number of likely N-dealkylation sites (N-methyl/N-ethyl adjacent to an activating group) is 1. The molecule has 6 heteroatoms. The van der Waals surface area contributed by atoms with Crippen molar-refractivity contribution < 1.29 is 9.59 Å². The first-order valence-electron chi connectivity index (χ1n) is 8.80. The van der Waals surface area contributed by atoms with Crippen molar-refractivity contribution in [2.75, 3.05) is 6.54 Å². The van der Waals surface area contributed by atoms with Crippen LogP contribution in [0.25, 0.3) is 21.8 Å². The van der Waals surface area contributed by atoms with Gasteiger partial charge in [-0.25, -0.2) is 4.98 Å². The molecule has 0 spiro atoms. The van der Waals surface area contributed by atoms with Gasteiger partial charge in [0.2, 0.25) is 5.91 Å². The molecule has 27 heavy (non-hydrogen) atoms. The van der Waals surface area contributed by atoms with Gasteiger partial charge in [-0.1, -0.05) is 60.7 Å². The number of carbonyl (C=O) groups is 2. The summed E-state index contributed by atoms with van der Waals surface area (Å²) in [6, 6.07) is 18.7. The van der Waals surface area contributed by atoms with Crippen molar-refractivity contribution in [3.05, 3.63) is 65.5 Å². The molecule has 1 heterocycles. The van der Waals surface area contributed by atoms with Crippen molar-refractivity contribution in [2.24, 2.45) is 0 Å². The van der Waals surface area contributed by atoms with E-state index in [-0.39, 0.29) is 11.8 Å². The van der Waals surface area contributed by atoms with Gasteiger partial charge >= 0.3 is 0 Å². The highest BCUT2D eigenvalue weighted by Gasteiger charge is 2.23. The average molecular weight is 379 g/mol. The predicted molar refractivity (Wildman–Crippen MR) is 109 cm³/mol.